The molecule has 11 heteroatoms. The van der Waals surface area contributed by atoms with Gasteiger partial charge in [0.1, 0.15) is 11.4 Å². The highest BCUT2D eigenvalue weighted by Gasteiger charge is 2.22. The molecule has 0 unspecified atom stereocenters. The van der Waals surface area contributed by atoms with E-state index in [1.807, 2.05) is 0 Å². The van der Waals surface area contributed by atoms with E-state index in [0.29, 0.717) is 16.2 Å². The van der Waals surface area contributed by atoms with Gasteiger partial charge in [-0.05, 0) is 29.8 Å². The van der Waals surface area contributed by atoms with Crippen molar-refractivity contribution in [1.82, 2.24) is 9.38 Å². The van der Waals surface area contributed by atoms with Gasteiger partial charge in [-0.3, -0.25) is 14.0 Å². The molecule has 4 rings (SSSR count). The molecule has 4 aromatic rings. The highest BCUT2D eigenvalue weighted by atomic mass is 32.1. The molecule has 0 atom stereocenters. The number of aromatic nitrogens is 2. The normalized spacial score (nSPS) is 10.7. The number of fused-ring (bicyclic) bond motifs is 1. The van der Waals surface area contributed by atoms with Gasteiger partial charge in [-0.25, -0.2) is 14.2 Å². The lowest BCUT2D eigenvalue weighted by Gasteiger charge is -2.14. The van der Waals surface area contributed by atoms with Gasteiger partial charge in [0.25, 0.3) is 11.5 Å². The Kier molecular flexibility index (Phi) is 6.28. The molecule has 0 aliphatic rings. The minimum Gasteiger partial charge on any atom is -0.493 e. The number of nitrogens with one attached hydrogen (secondary N) is 1. The predicted octanol–water partition coefficient (Wildman–Crippen LogP) is 3.62. The van der Waals surface area contributed by atoms with Gasteiger partial charge in [-0.1, -0.05) is 0 Å². The summed E-state index contributed by atoms with van der Waals surface area (Å²) in [5.74, 6) is -1.41. The van der Waals surface area contributed by atoms with Crippen LogP contribution in [0.1, 0.15) is 20.7 Å². The van der Waals surface area contributed by atoms with Crippen LogP contribution in [0, 0.1) is 5.82 Å². The van der Waals surface area contributed by atoms with Gasteiger partial charge in [0.15, 0.2) is 16.5 Å². The molecule has 0 aliphatic heterocycles. The second-order valence-electron chi connectivity index (χ2n) is 6.92. The summed E-state index contributed by atoms with van der Waals surface area (Å²) >= 11 is 1.20. The summed E-state index contributed by atoms with van der Waals surface area (Å²) < 4.78 is 29.9. The van der Waals surface area contributed by atoms with Crippen LogP contribution in [-0.4, -0.2) is 42.6 Å². The summed E-state index contributed by atoms with van der Waals surface area (Å²) in [4.78, 5) is 43.2. The van der Waals surface area contributed by atoms with E-state index in [0.717, 1.165) is 6.20 Å². The maximum Gasteiger partial charge on any atom is 0.340 e. The van der Waals surface area contributed by atoms with E-state index in [4.69, 9.17) is 14.2 Å². The first-order valence-electron chi connectivity index (χ1n) is 9.78. The number of anilines is 1. The number of carbonyl (C=O) groups excluding carboxylic acids is 2. The van der Waals surface area contributed by atoms with Crippen LogP contribution in [0.5, 0.6) is 11.5 Å². The van der Waals surface area contributed by atoms with Crippen molar-refractivity contribution < 1.29 is 28.2 Å². The van der Waals surface area contributed by atoms with Crippen LogP contribution in [0.3, 0.4) is 0 Å². The summed E-state index contributed by atoms with van der Waals surface area (Å²) in [6, 6.07) is 8.37. The monoisotopic (exact) mass is 483 g/mol. The number of hydrogen-bond acceptors (Lipinski definition) is 8. The third kappa shape index (κ3) is 4.08. The van der Waals surface area contributed by atoms with E-state index in [1.165, 1.54) is 73.5 Å². The molecule has 0 radical (unpaired) electrons. The molecule has 34 heavy (non-hydrogen) atoms. The lowest BCUT2D eigenvalue weighted by Crippen LogP contribution is -2.27. The van der Waals surface area contributed by atoms with Crippen LogP contribution in [0.25, 0.3) is 16.2 Å². The van der Waals surface area contributed by atoms with Crippen LogP contribution in [0.15, 0.2) is 52.8 Å². The molecule has 2 aromatic heterocycles. The Bertz CT molecular complexity index is 1460. The maximum absolute atomic E-state index is 13.3. The third-order valence-electron chi connectivity index (χ3n) is 5.01. The Balaban J connectivity index is 1.78. The zero-order chi connectivity index (χ0) is 24.4. The van der Waals surface area contributed by atoms with Crippen LogP contribution >= 0.6 is 11.3 Å². The first kappa shape index (κ1) is 22.9. The molecule has 1 N–H and O–H groups in total. The molecule has 1 amide bonds. The van der Waals surface area contributed by atoms with Crippen molar-refractivity contribution in [1.29, 1.82) is 0 Å². The SMILES string of the molecule is COC(=O)c1cc(OC)c(OC)cc1NC(=O)c1cnc2scc(-c3ccc(F)cc3)n2c1=O. The van der Waals surface area contributed by atoms with Crippen molar-refractivity contribution in [3.8, 4) is 22.8 Å². The number of benzene rings is 2. The largest absolute Gasteiger partial charge is 0.493 e. The zero-order valence-electron chi connectivity index (χ0n) is 18.2. The molecule has 0 bridgehead atoms. The third-order valence-corrected chi connectivity index (χ3v) is 5.85. The first-order chi connectivity index (χ1) is 16.4. The predicted molar refractivity (Wildman–Crippen MR) is 124 cm³/mol. The number of carbonyl (C=O) groups is 2. The van der Waals surface area contributed by atoms with Gasteiger partial charge in [-0.15, -0.1) is 11.3 Å². The maximum atomic E-state index is 13.3. The Morgan fingerprint density at radius 2 is 1.71 bits per heavy atom. The topological polar surface area (TPSA) is 108 Å². The summed E-state index contributed by atoms with van der Waals surface area (Å²) in [6.07, 6.45) is 1.16. The number of hydrogen-bond donors (Lipinski definition) is 1. The van der Waals surface area contributed by atoms with Gasteiger partial charge in [0.2, 0.25) is 0 Å². The molecule has 2 heterocycles. The number of esters is 1. The number of ether oxygens (including phenoxy) is 3. The lowest BCUT2D eigenvalue weighted by atomic mass is 10.1. The zero-order valence-corrected chi connectivity index (χ0v) is 19.1. The second-order valence-corrected chi connectivity index (χ2v) is 7.76. The number of halogens is 1. The minimum atomic E-state index is -0.791. The van der Waals surface area contributed by atoms with Crippen LogP contribution in [0.2, 0.25) is 0 Å². The van der Waals surface area contributed by atoms with Gasteiger partial charge >= 0.3 is 5.97 Å². The highest BCUT2D eigenvalue weighted by molar-refractivity contribution is 7.15. The average molecular weight is 483 g/mol. The molecule has 0 saturated carbocycles. The lowest BCUT2D eigenvalue weighted by molar-refractivity contribution is 0.0601. The molecule has 0 aliphatic carbocycles. The van der Waals surface area contributed by atoms with E-state index in [2.05, 4.69) is 10.3 Å². The summed E-state index contributed by atoms with van der Waals surface area (Å²) in [5, 5.41) is 4.25. The van der Waals surface area contributed by atoms with Gasteiger partial charge < -0.3 is 19.5 Å². The smallest absolute Gasteiger partial charge is 0.340 e. The summed E-state index contributed by atoms with van der Waals surface area (Å²) in [6.45, 7) is 0. The highest BCUT2D eigenvalue weighted by Crippen LogP contribution is 2.34. The van der Waals surface area contributed by atoms with Gasteiger partial charge in [-0.2, -0.15) is 0 Å². The van der Waals surface area contributed by atoms with E-state index in [9.17, 15) is 18.8 Å². The molecule has 0 saturated heterocycles. The van der Waals surface area contributed by atoms with Crippen molar-refractivity contribution in [3.63, 3.8) is 0 Å². The van der Waals surface area contributed by atoms with E-state index in [1.54, 1.807) is 5.38 Å². The standard InChI is InChI=1S/C23H18FN3O6S/c1-31-18-8-14(22(30)33-3)16(9-19(18)32-2)26-20(28)15-10-25-23-27(21(15)29)17(11-34-23)12-4-6-13(24)7-5-12/h4-11H,1-3H3,(H,26,28). The van der Waals surface area contributed by atoms with E-state index in [-0.39, 0.29) is 28.3 Å². The van der Waals surface area contributed by atoms with Crippen LogP contribution < -0.4 is 20.3 Å². The summed E-state index contributed by atoms with van der Waals surface area (Å²) in [7, 11) is 4.00. The van der Waals surface area contributed by atoms with E-state index >= 15 is 0 Å². The van der Waals surface area contributed by atoms with Gasteiger partial charge in [0.05, 0.1) is 38.3 Å². The molecule has 174 valence electrons. The summed E-state index contributed by atoms with van der Waals surface area (Å²) in [5.41, 5.74) is 0.233. The molecule has 0 spiro atoms. The average Bonchev–Trinajstić information content (AvgIpc) is 3.29. The molecular formula is C23H18FN3O6S. The number of rotatable bonds is 6. The number of amides is 1. The van der Waals surface area contributed by atoms with Crippen molar-refractivity contribution in [2.24, 2.45) is 0 Å². The fourth-order valence-electron chi connectivity index (χ4n) is 3.32. The fourth-order valence-corrected chi connectivity index (χ4v) is 4.18. The number of nitrogens with zero attached hydrogens (tertiary/aromatic N) is 2. The fraction of sp³-hybridized carbons (Fsp3) is 0.130. The number of methoxy groups -OCH3 is 3. The van der Waals surface area contributed by atoms with E-state index < -0.39 is 23.3 Å². The van der Waals surface area contributed by atoms with Crippen molar-refractivity contribution in [2.45, 2.75) is 0 Å². The van der Waals surface area contributed by atoms with Crippen molar-refractivity contribution >= 4 is 33.9 Å². The quantitative estimate of drug-likeness (QED) is 0.417. The van der Waals surface area contributed by atoms with Gasteiger partial charge in [0, 0.05) is 23.7 Å². The molecule has 0 fully saturated rings. The van der Waals surface area contributed by atoms with Crippen molar-refractivity contribution in [2.75, 3.05) is 26.6 Å². The Hall–Kier alpha value is -4.25. The number of thiazole rings is 1. The second kappa shape index (κ2) is 9.32. The minimum absolute atomic E-state index is 0.00479. The first-order valence-corrected chi connectivity index (χ1v) is 10.7. The molecule has 2 aromatic carbocycles. The molecule has 9 nitrogen and oxygen atoms in total. The Morgan fingerprint density at radius 1 is 1.03 bits per heavy atom. The molecular weight excluding hydrogens is 465 g/mol. The van der Waals surface area contributed by atoms with Crippen LogP contribution in [-0.2, 0) is 4.74 Å². The Morgan fingerprint density at radius 3 is 2.35 bits per heavy atom. The Labute approximate surface area is 196 Å². The van der Waals surface area contributed by atoms with Crippen molar-refractivity contribution in [3.05, 3.63) is 75.3 Å². The van der Waals surface area contributed by atoms with Crippen LogP contribution in [0.4, 0.5) is 10.1 Å².